The number of nitrogens with two attached hydrogens (primary N) is 1. The van der Waals surface area contributed by atoms with Gasteiger partial charge in [0, 0.05) is 112 Å². The lowest BCUT2D eigenvalue weighted by Crippen LogP contribution is -2.63. The molecule has 5 unspecified atom stereocenters. The molecule has 0 radical (unpaired) electrons. The third-order valence-electron chi connectivity index (χ3n) is 33.6. The molecule has 11 rings (SSSR count). The number of aliphatic hydroxyl groups excluding tert-OH is 3. The van der Waals surface area contributed by atoms with Gasteiger partial charge in [-0.15, -0.1) is 43.3 Å². The van der Waals surface area contributed by atoms with Crippen molar-refractivity contribution in [2.24, 2.45) is 120 Å². The van der Waals surface area contributed by atoms with Crippen LogP contribution in [0.5, 0.6) is 0 Å². The molecular formula is C90H148N4O13S2. The van der Waals surface area contributed by atoms with E-state index in [1.807, 2.05) is 59.8 Å². The smallest absolute Gasteiger partial charge is 0.316 e. The van der Waals surface area contributed by atoms with Crippen LogP contribution in [-0.2, 0) is 47.8 Å². The monoisotopic (exact) mass is 1560 g/mol. The predicted molar refractivity (Wildman–Crippen MR) is 438 cm³/mol. The first-order valence-electron chi connectivity index (χ1n) is 42.7. The van der Waals surface area contributed by atoms with Gasteiger partial charge in [-0.05, 0) is 207 Å². The van der Waals surface area contributed by atoms with Crippen molar-refractivity contribution in [3.63, 3.8) is 0 Å². The second-order valence-electron chi connectivity index (χ2n) is 39.7. The van der Waals surface area contributed by atoms with Gasteiger partial charge in [-0.3, -0.25) is 33.6 Å². The van der Waals surface area contributed by atoms with Crippen LogP contribution in [0, 0.1) is 114 Å². The van der Waals surface area contributed by atoms with Gasteiger partial charge in [0.05, 0.1) is 35.9 Å². The molecule has 2 aliphatic heterocycles. The number of hydrogen-bond acceptors (Lipinski definition) is 18. The fourth-order valence-electron chi connectivity index (χ4n) is 25.1. The summed E-state index contributed by atoms with van der Waals surface area (Å²) in [7, 11) is 2.25. The zero-order valence-corrected chi connectivity index (χ0v) is 72.5. The number of carbonyl (C=O) groups is 7. The van der Waals surface area contributed by atoms with Crippen LogP contribution in [0.25, 0.3) is 0 Å². The Hall–Kier alpha value is -3.43. The lowest BCUT2D eigenvalue weighted by molar-refractivity contribution is -0.206. The maximum Gasteiger partial charge on any atom is 0.316 e. The second-order valence-corrected chi connectivity index (χ2v) is 42.5. The number of nitrogens with one attached hydrogen (secondary N) is 1. The summed E-state index contributed by atoms with van der Waals surface area (Å²) >= 11 is 3.04. The molecule has 1 amide bonds. The fourth-order valence-corrected chi connectivity index (χ4v) is 26.6. The number of hydrogen-bond donors (Lipinski definition) is 5. The normalized spacial score (nSPS) is 44.0. The number of nitrogens with zero attached hydrogens (tertiary/aromatic N) is 2. The Morgan fingerprint density at radius 2 is 0.954 bits per heavy atom. The number of rotatable bonds is 23. The molecule has 11 fully saturated rings. The summed E-state index contributed by atoms with van der Waals surface area (Å²) in [6.07, 6.45) is 19.9. The highest BCUT2D eigenvalue weighted by molar-refractivity contribution is 8.01. The molecular weight excluding hydrogens is 1410 g/mol. The van der Waals surface area contributed by atoms with Gasteiger partial charge in [-0.1, -0.05) is 129 Å². The Balaban J connectivity index is 0.000000189. The van der Waals surface area contributed by atoms with Crippen LogP contribution in [0.2, 0.25) is 0 Å². The van der Waals surface area contributed by atoms with Crippen LogP contribution >= 0.6 is 23.5 Å². The van der Waals surface area contributed by atoms with Crippen molar-refractivity contribution in [2.75, 3.05) is 50.5 Å². The SMILES string of the molecule is C=C[C@]1(C)C[C@@H](OC(=O)CCC2CC3CCC(C2)N3C)[C@]2(C)C(C)CC[C@]3(CCC(=O)[C@H]32)[C@@H](C)[C@@H]1O.C=C[C@]1(C)C[C@@H](OC(=O)CSC(C)(C)CNC(=O)[C@H](N)C(C)C)[C@]2(C)C(C)CC[C@]3(CCC(=O)[C@H]32)[C@@H](C)[C@@H]1O.C=C[C@]1(C)C[C@@H](OC(=O)CSCCN(CC)CC)[C@]2(C)C(C)CC[C@]3(CCC(=O)[C@H]32)[C@@H](C)[C@@H]1O. The molecule has 17 nitrogen and oxygen atoms in total. The summed E-state index contributed by atoms with van der Waals surface area (Å²) in [4.78, 5) is 97.6. The molecule has 0 aromatic heterocycles. The minimum Gasteiger partial charge on any atom is -0.462 e. The molecule has 0 aromatic rings. The van der Waals surface area contributed by atoms with E-state index in [1.165, 1.54) is 37.4 Å². The lowest BCUT2D eigenvalue weighted by atomic mass is 9.44. The third-order valence-corrected chi connectivity index (χ3v) is 35.9. The Labute approximate surface area is 666 Å². The first-order chi connectivity index (χ1) is 50.9. The average Bonchev–Trinajstić information content (AvgIpc) is 1.66. The van der Waals surface area contributed by atoms with Crippen molar-refractivity contribution in [3.05, 3.63) is 38.0 Å². The van der Waals surface area contributed by atoms with Crippen molar-refractivity contribution in [1.29, 1.82) is 0 Å². The molecule has 0 aromatic carbocycles. The summed E-state index contributed by atoms with van der Waals surface area (Å²) in [6.45, 7) is 53.4. The van der Waals surface area contributed by atoms with E-state index in [-0.39, 0.29) is 111 Å². The minimum atomic E-state index is -0.684. The summed E-state index contributed by atoms with van der Waals surface area (Å²) in [6, 6.07) is 0.780. The first-order valence-corrected chi connectivity index (χ1v) is 44.9. The standard InChI is InChI=1S/C31H52N2O5S.C31H49NO4.C28H47NO4S/c1-10-29(8)15-22(38-23(35)16-39-28(6,7)17-33-27(37)24(32)18(2)3)30(9)19(4)11-13-31(20(5)26(29)36)14-12-21(34)25(30)31;1-7-29(4)18-25(36-26(34)11-8-21-16-22-9-10-23(17-21)32(22)6)30(5)19(2)12-14-31(20(3)28(29)35)15-13-24(33)27(30)31;1-8-26(6)17-22(33-23(31)18-34-16-15-29(9-2)10-3)27(7)19(4)11-13-28(20(5)25(26)32)14-12-21(30)24(27)28/h10,18-20,22,24-26,36H,1,11-17,32H2,2-9H3,(H,33,37);7,19-23,25,27-28,35H,1,8-18H2,2-6H3;8,19-20,22,24-25,32H,1,9-18H2,2-7H3/t19?,20-,22+,24+,25-,26-,29+,30-,31-;19?,20-,21?,22?,23?,25+,27-,28-,29+,30-,31-;19?,20-,22+,24-,25-,26+,27-,28-/m000/s1. The number of Topliss-reactive ketones (excluding diaryl/α,β-unsaturated/α-hetero) is 3. The van der Waals surface area contributed by atoms with Gasteiger partial charge in [0.15, 0.2) is 0 Å². The highest BCUT2D eigenvalue weighted by atomic mass is 32.2. The molecule has 11 aliphatic rings. The highest BCUT2D eigenvalue weighted by Gasteiger charge is 2.72. The van der Waals surface area contributed by atoms with Crippen molar-refractivity contribution in [1.82, 2.24) is 15.1 Å². The largest absolute Gasteiger partial charge is 0.462 e. The number of ether oxygens (including phenoxy) is 3. The Morgan fingerprint density at radius 1 is 0.596 bits per heavy atom. The van der Waals surface area contributed by atoms with E-state index in [0.717, 1.165) is 89.6 Å². The van der Waals surface area contributed by atoms with Gasteiger partial charge < -0.3 is 50.4 Å². The van der Waals surface area contributed by atoms with E-state index in [2.05, 4.69) is 125 Å². The Bertz CT molecular complexity index is 3300. The third kappa shape index (κ3) is 16.6. The van der Waals surface area contributed by atoms with Crippen LogP contribution in [0.3, 0.4) is 0 Å². The van der Waals surface area contributed by atoms with Gasteiger partial charge in [0.2, 0.25) is 5.91 Å². The van der Waals surface area contributed by atoms with E-state index in [9.17, 15) is 48.9 Å². The molecule has 9 saturated carbocycles. The average molecular weight is 1560 g/mol. The van der Waals surface area contributed by atoms with Crippen molar-refractivity contribution in [2.45, 2.75) is 319 Å². The Morgan fingerprint density at radius 3 is 1.30 bits per heavy atom. The zero-order valence-electron chi connectivity index (χ0n) is 70.9. The van der Waals surface area contributed by atoms with Crippen LogP contribution in [0.4, 0.5) is 0 Å². The number of aliphatic hydroxyl groups is 3. The maximum absolute atomic E-state index is 13.5. The van der Waals surface area contributed by atoms with E-state index in [0.29, 0.717) is 86.8 Å². The van der Waals surface area contributed by atoms with Gasteiger partial charge in [0.1, 0.15) is 35.7 Å². The lowest BCUT2D eigenvalue weighted by Gasteiger charge is -2.61. The number of fused-ring (bicyclic) bond motifs is 2. The molecule has 618 valence electrons. The topological polar surface area (TPSA) is 252 Å². The van der Waals surface area contributed by atoms with Gasteiger partial charge >= 0.3 is 17.9 Å². The molecule has 27 atom stereocenters. The minimum absolute atomic E-state index is 0.000212. The van der Waals surface area contributed by atoms with E-state index in [4.69, 9.17) is 19.9 Å². The zero-order chi connectivity index (χ0) is 80.9. The van der Waals surface area contributed by atoms with E-state index >= 15 is 0 Å². The summed E-state index contributed by atoms with van der Waals surface area (Å²) < 4.78 is 18.7. The van der Waals surface area contributed by atoms with E-state index < -0.39 is 79.9 Å². The quantitative estimate of drug-likeness (QED) is 0.0276. The molecule has 19 heteroatoms. The van der Waals surface area contributed by atoms with E-state index in [1.54, 1.807) is 11.8 Å². The van der Waals surface area contributed by atoms with Crippen molar-refractivity contribution >= 4 is 64.7 Å². The van der Waals surface area contributed by atoms with Gasteiger partial charge in [0.25, 0.3) is 0 Å². The van der Waals surface area contributed by atoms with Crippen molar-refractivity contribution in [3.8, 4) is 0 Å². The number of esters is 3. The molecule has 9 aliphatic carbocycles. The Kier molecular flexibility index (Phi) is 28.2. The van der Waals surface area contributed by atoms with Crippen LogP contribution in [-0.4, -0.2) is 176 Å². The van der Waals surface area contributed by atoms with Crippen LogP contribution < -0.4 is 11.1 Å². The number of thioether (sulfide) groups is 2. The number of amides is 1. The van der Waals surface area contributed by atoms with Crippen LogP contribution in [0.1, 0.15) is 259 Å². The predicted octanol–water partition coefficient (Wildman–Crippen LogP) is 15.0. The summed E-state index contributed by atoms with van der Waals surface area (Å²) in [5, 5.41) is 37.8. The molecule has 8 bridgehead atoms. The highest BCUT2D eigenvalue weighted by Crippen LogP contribution is 2.72. The fraction of sp³-hybridized carbons (Fsp3) is 0.856. The van der Waals surface area contributed by atoms with Gasteiger partial charge in [-0.25, -0.2) is 0 Å². The summed E-state index contributed by atoms with van der Waals surface area (Å²) in [5.74, 6) is 2.03. The molecule has 6 N–H and O–H groups in total. The molecule has 2 saturated heterocycles. The number of piperidine rings is 1. The molecule has 109 heavy (non-hydrogen) atoms. The van der Waals surface area contributed by atoms with Gasteiger partial charge in [-0.2, -0.15) is 0 Å². The summed E-state index contributed by atoms with van der Waals surface area (Å²) in [5.41, 5.74) is 2.02. The first kappa shape index (κ1) is 89.5. The number of carbonyl (C=O) groups excluding carboxylic acids is 7. The molecule has 0 spiro atoms. The molecule has 2 heterocycles. The number of ketones is 3. The van der Waals surface area contributed by atoms with Crippen molar-refractivity contribution < 1.29 is 63.1 Å². The maximum atomic E-state index is 13.5. The second kappa shape index (κ2) is 34.4. The van der Waals surface area contributed by atoms with Crippen LogP contribution in [0.15, 0.2) is 38.0 Å².